The largest absolute Gasteiger partial charge is 0.355 e. The van der Waals surface area contributed by atoms with Gasteiger partial charge in [0.25, 0.3) is 5.91 Å². The Balaban J connectivity index is 0.00000144. The first-order chi connectivity index (χ1) is 10.8. The number of hydrogen-bond donors (Lipinski definition) is 2. The number of nitrogens with one attached hydrogen (secondary N) is 2. The van der Waals surface area contributed by atoms with Crippen molar-refractivity contribution in [2.45, 2.75) is 12.8 Å². The Labute approximate surface area is 155 Å². The van der Waals surface area contributed by atoms with Gasteiger partial charge in [0.15, 0.2) is 11.5 Å². The molecule has 0 unspecified atom stereocenters. The fraction of sp³-hybridized carbons (Fsp3) is 0.667. The minimum Gasteiger partial charge on any atom is -0.355 e. The highest BCUT2D eigenvalue weighted by Gasteiger charge is 2.15. The van der Waals surface area contributed by atoms with E-state index in [4.69, 9.17) is 0 Å². The average Bonchev–Trinajstić information content (AvgIpc) is 3.10. The molecule has 3 rings (SSSR count). The van der Waals surface area contributed by atoms with Gasteiger partial charge in [-0.15, -0.1) is 35.0 Å². The van der Waals surface area contributed by atoms with Crippen molar-refractivity contribution >= 4 is 36.5 Å². The second kappa shape index (κ2) is 10.7. The van der Waals surface area contributed by atoms with Crippen LogP contribution in [0.2, 0.25) is 0 Å². The Morgan fingerprint density at radius 2 is 1.79 bits per heavy atom. The van der Waals surface area contributed by atoms with Gasteiger partial charge in [-0.3, -0.25) is 9.69 Å². The summed E-state index contributed by atoms with van der Waals surface area (Å²) in [5.41, 5.74) is 0.392. The summed E-state index contributed by atoms with van der Waals surface area (Å²) in [7, 11) is 0. The van der Waals surface area contributed by atoms with Gasteiger partial charge in [-0.25, -0.2) is 0 Å². The van der Waals surface area contributed by atoms with Crippen LogP contribution >= 0.6 is 24.8 Å². The molecule has 2 N–H and O–H groups in total. The van der Waals surface area contributed by atoms with Gasteiger partial charge in [-0.05, 0) is 25.0 Å². The number of nitrogens with zero attached hydrogens (tertiary/aromatic N) is 4. The van der Waals surface area contributed by atoms with Gasteiger partial charge in [-0.2, -0.15) is 0 Å². The van der Waals surface area contributed by atoms with E-state index >= 15 is 0 Å². The summed E-state index contributed by atoms with van der Waals surface area (Å²) in [6.45, 7) is 7.73. The smallest absolute Gasteiger partial charge is 0.271 e. The maximum Gasteiger partial charge on any atom is 0.271 e. The zero-order chi connectivity index (χ0) is 15.2. The Morgan fingerprint density at radius 3 is 2.42 bits per heavy atom. The molecule has 7 nitrogen and oxygen atoms in total. The second-order valence-electron chi connectivity index (χ2n) is 5.82. The number of aromatic nitrogens is 2. The van der Waals surface area contributed by atoms with Gasteiger partial charge in [0, 0.05) is 52.4 Å². The van der Waals surface area contributed by atoms with E-state index in [1.807, 2.05) is 6.07 Å². The molecule has 0 bridgehead atoms. The highest BCUT2D eigenvalue weighted by atomic mass is 35.5. The normalized spacial score (nSPS) is 17.8. The van der Waals surface area contributed by atoms with E-state index in [0.29, 0.717) is 12.2 Å². The molecule has 1 aromatic rings. The van der Waals surface area contributed by atoms with E-state index in [-0.39, 0.29) is 30.7 Å². The minimum atomic E-state index is -0.143. The van der Waals surface area contributed by atoms with Gasteiger partial charge in [0.05, 0.1) is 0 Å². The fourth-order valence-corrected chi connectivity index (χ4v) is 2.91. The van der Waals surface area contributed by atoms with E-state index in [9.17, 15) is 4.79 Å². The standard InChI is InChI=1S/C15H24N6O.2ClH/c22-15(17-7-12-20-10-5-16-6-11-20)13-3-4-14(19-18-13)21-8-1-2-9-21;;/h3-4,16H,1-2,5-12H2,(H,17,22);2*1H. The molecule has 2 fully saturated rings. The molecule has 24 heavy (non-hydrogen) atoms. The SMILES string of the molecule is Cl.Cl.O=C(NCCN1CCNCC1)c1ccc(N2CCCC2)nn1. The molecule has 1 aromatic heterocycles. The molecule has 0 spiro atoms. The molecule has 2 aliphatic rings. The Bertz CT molecular complexity index is 489. The predicted molar refractivity (Wildman–Crippen MR) is 99.6 cm³/mol. The average molecular weight is 377 g/mol. The van der Waals surface area contributed by atoms with Crippen molar-refractivity contribution in [1.82, 2.24) is 25.7 Å². The Morgan fingerprint density at radius 1 is 1.08 bits per heavy atom. The highest BCUT2D eigenvalue weighted by molar-refractivity contribution is 5.92. The topological polar surface area (TPSA) is 73.4 Å². The van der Waals surface area contributed by atoms with Crippen LogP contribution in [0, 0.1) is 0 Å². The lowest BCUT2D eigenvalue weighted by atomic mass is 10.3. The van der Waals surface area contributed by atoms with E-state index in [2.05, 4.69) is 30.6 Å². The molecule has 2 saturated heterocycles. The number of carbonyl (C=O) groups is 1. The first-order valence-electron chi connectivity index (χ1n) is 8.13. The van der Waals surface area contributed by atoms with Gasteiger partial charge >= 0.3 is 0 Å². The van der Waals surface area contributed by atoms with E-state index in [1.165, 1.54) is 12.8 Å². The van der Waals surface area contributed by atoms with Crippen molar-refractivity contribution in [3.05, 3.63) is 17.8 Å². The predicted octanol–water partition coefficient (Wildman–Crippen LogP) is 0.555. The lowest BCUT2D eigenvalue weighted by Crippen LogP contribution is -2.46. The zero-order valence-electron chi connectivity index (χ0n) is 13.7. The van der Waals surface area contributed by atoms with Crippen molar-refractivity contribution in [2.75, 3.05) is 57.3 Å². The van der Waals surface area contributed by atoms with Gasteiger partial charge in [0.1, 0.15) is 0 Å². The molecule has 0 radical (unpaired) electrons. The molecule has 136 valence electrons. The zero-order valence-corrected chi connectivity index (χ0v) is 15.4. The van der Waals surface area contributed by atoms with Crippen molar-refractivity contribution in [3.63, 3.8) is 0 Å². The van der Waals surface area contributed by atoms with Crippen molar-refractivity contribution < 1.29 is 4.79 Å². The van der Waals surface area contributed by atoms with Crippen LogP contribution in [0.15, 0.2) is 12.1 Å². The summed E-state index contributed by atoms with van der Waals surface area (Å²) >= 11 is 0. The molecule has 2 aliphatic heterocycles. The van der Waals surface area contributed by atoms with Crippen LogP contribution in [0.5, 0.6) is 0 Å². The fourth-order valence-electron chi connectivity index (χ4n) is 2.91. The third-order valence-electron chi connectivity index (χ3n) is 4.24. The third kappa shape index (κ3) is 5.73. The first kappa shape index (κ1) is 20.9. The first-order valence-corrected chi connectivity index (χ1v) is 8.13. The lowest BCUT2D eigenvalue weighted by Gasteiger charge is -2.27. The summed E-state index contributed by atoms with van der Waals surface area (Å²) in [6.07, 6.45) is 2.41. The van der Waals surface area contributed by atoms with E-state index < -0.39 is 0 Å². The van der Waals surface area contributed by atoms with Gasteiger partial charge in [0.2, 0.25) is 0 Å². The quantitative estimate of drug-likeness (QED) is 0.781. The van der Waals surface area contributed by atoms with Crippen LogP contribution in [-0.2, 0) is 0 Å². The van der Waals surface area contributed by atoms with E-state index in [1.54, 1.807) is 6.07 Å². The molecular formula is C15H26Cl2N6O. The van der Waals surface area contributed by atoms with Crippen LogP contribution in [0.1, 0.15) is 23.3 Å². The Kier molecular flexibility index (Phi) is 9.28. The monoisotopic (exact) mass is 376 g/mol. The van der Waals surface area contributed by atoms with Crippen molar-refractivity contribution in [3.8, 4) is 0 Å². The summed E-state index contributed by atoms with van der Waals surface area (Å²) < 4.78 is 0. The van der Waals surface area contributed by atoms with Crippen LogP contribution in [-0.4, -0.2) is 73.4 Å². The summed E-state index contributed by atoms with van der Waals surface area (Å²) in [5.74, 6) is 0.727. The van der Waals surface area contributed by atoms with Crippen LogP contribution in [0.4, 0.5) is 5.82 Å². The van der Waals surface area contributed by atoms with Crippen molar-refractivity contribution in [2.24, 2.45) is 0 Å². The van der Waals surface area contributed by atoms with E-state index in [0.717, 1.165) is 51.6 Å². The molecule has 1 amide bonds. The molecule has 3 heterocycles. The minimum absolute atomic E-state index is 0. The summed E-state index contributed by atoms with van der Waals surface area (Å²) in [6, 6.07) is 3.66. The molecule has 0 saturated carbocycles. The van der Waals surface area contributed by atoms with Gasteiger partial charge < -0.3 is 15.5 Å². The number of carbonyl (C=O) groups excluding carboxylic acids is 1. The summed E-state index contributed by atoms with van der Waals surface area (Å²) in [4.78, 5) is 16.6. The maximum atomic E-state index is 12.1. The maximum absolute atomic E-state index is 12.1. The third-order valence-corrected chi connectivity index (χ3v) is 4.24. The number of anilines is 1. The molecule has 9 heteroatoms. The van der Waals surface area contributed by atoms with Crippen LogP contribution < -0.4 is 15.5 Å². The molecule has 0 aromatic carbocycles. The lowest BCUT2D eigenvalue weighted by molar-refractivity contribution is 0.0941. The van der Waals surface area contributed by atoms with Gasteiger partial charge in [-0.1, -0.05) is 0 Å². The summed E-state index contributed by atoms with van der Waals surface area (Å²) in [5, 5.41) is 14.5. The highest BCUT2D eigenvalue weighted by Crippen LogP contribution is 2.16. The number of amides is 1. The molecule has 0 atom stereocenters. The molecular weight excluding hydrogens is 351 g/mol. The van der Waals surface area contributed by atoms with Crippen LogP contribution in [0.25, 0.3) is 0 Å². The number of piperazine rings is 1. The molecule has 0 aliphatic carbocycles. The van der Waals surface area contributed by atoms with Crippen molar-refractivity contribution in [1.29, 1.82) is 0 Å². The number of rotatable bonds is 5. The van der Waals surface area contributed by atoms with Crippen LogP contribution in [0.3, 0.4) is 0 Å². The Hall–Kier alpha value is -1.15. The number of halogens is 2. The number of hydrogen-bond acceptors (Lipinski definition) is 6. The second-order valence-corrected chi connectivity index (χ2v) is 5.82.